The van der Waals surface area contributed by atoms with Crippen LogP contribution in [0.4, 0.5) is 4.39 Å². The molecule has 2 rings (SSSR count). The Bertz CT molecular complexity index is 464. The average Bonchev–Trinajstić information content (AvgIpc) is 2.85. The maximum absolute atomic E-state index is 13.5. The highest BCUT2D eigenvalue weighted by Gasteiger charge is 2.29. The minimum Gasteiger partial charge on any atom is -0.358 e. The van der Waals surface area contributed by atoms with E-state index >= 15 is 0 Å². The molecular weight excluding hydrogens is 245 g/mol. The van der Waals surface area contributed by atoms with Crippen LogP contribution in [-0.4, -0.2) is 30.4 Å². The highest BCUT2D eigenvalue weighted by atomic mass is 19.1. The molecule has 1 atom stereocenters. The Kier molecular flexibility index (Phi) is 4.50. The van der Waals surface area contributed by atoms with Crippen LogP contribution < -0.4 is 11.1 Å². The number of halogens is 1. The van der Waals surface area contributed by atoms with Gasteiger partial charge >= 0.3 is 0 Å². The van der Waals surface area contributed by atoms with Crippen molar-refractivity contribution >= 4 is 5.91 Å². The van der Waals surface area contributed by atoms with E-state index in [0.29, 0.717) is 13.1 Å². The van der Waals surface area contributed by atoms with Gasteiger partial charge in [-0.05, 0) is 42.6 Å². The summed E-state index contributed by atoms with van der Waals surface area (Å²) in [4.78, 5) is 13.8. The number of amides is 1. The van der Waals surface area contributed by atoms with Gasteiger partial charge < -0.3 is 11.1 Å². The van der Waals surface area contributed by atoms with Gasteiger partial charge in [-0.1, -0.05) is 6.07 Å². The molecule has 0 saturated carbocycles. The third-order valence-electron chi connectivity index (χ3n) is 3.55. The van der Waals surface area contributed by atoms with Crippen LogP contribution in [0.2, 0.25) is 0 Å². The lowest BCUT2D eigenvalue weighted by Crippen LogP contribution is -2.41. The molecule has 1 saturated heterocycles. The van der Waals surface area contributed by atoms with Crippen LogP contribution >= 0.6 is 0 Å². The van der Waals surface area contributed by atoms with Crippen molar-refractivity contribution in [1.29, 1.82) is 0 Å². The number of nitrogens with two attached hydrogens (primary N) is 1. The molecule has 0 aromatic heterocycles. The van der Waals surface area contributed by atoms with Crippen LogP contribution in [0.25, 0.3) is 0 Å². The Morgan fingerprint density at radius 1 is 1.47 bits per heavy atom. The minimum atomic E-state index is -0.270. The molecular formula is C14H20FN3O. The monoisotopic (exact) mass is 265 g/mol. The van der Waals surface area contributed by atoms with Crippen LogP contribution in [0.15, 0.2) is 18.2 Å². The van der Waals surface area contributed by atoms with Gasteiger partial charge in [-0.25, -0.2) is 4.39 Å². The smallest absolute Gasteiger partial charge is 0.237 e. The number of likely N-dealkylation sites (tertiary alicyclic amines) is 1. The first kappa shape index (κ1) is 14.0. The summed E-state index contributed by atoms with van der Waals surface area (Å²) < 4.78 is 13.5. The van der Waals surface area contributed by atoms with E-state index in [1.807, 2.05) is 6.07 Å². The molecule has 3 N–H and O–H groups in total. The first-order chi connectivity index (χ1) is 9.13. The molecule has 1 amide bonds. The van der Waals surface area contributed by atoms with Gasteiger partial charge in [0.2, 0.25) is 5.91 Å². The fourth-order valence-electron chi connectivity index (χ4n) is 2.64. The summed E-state index contributed by atoms with van der Waals surface area (Å²) in [5.74, 6) is -0.235. The van der Waals surface area contributed by atoms with Crippen LogP contribution in [0.1, 0.15) is 24.0 Å². The lowest BCUT2D eigenvalue weighted by Gasteiger charge is -2.23. The number of hydrogen-bond donors (Lipinski definition) is 2. The molecule has 0 bridgehead atoms. The number of nitrogens with one attached hydrogen (secondary N) is 1. The Balaban J connectivity index is 2.11. The first-order valence-electron chi connectivity index (χ1n) is 6.58. The van der Waals surface area contributed by atoms with Gasteiger partial charge in [0.1, 0.15) is 5.82 Å². The zero-order chi connectivity index (χ0) is 13.8. The number of nitrogens with zero attached hydrogens (tertiary/aromatic N) is 1. The summed E-state index contributed by atoms with van der Waals surface area (Å²) in [5, 5.41) is 2.68. The van der Waals surface area contributed by atoms with Crippen molar-refractivity contribution in [2.24, 2.45) is 5.73 Å². The van der Waals surface area contributed by atoms with E-state index in [0.717, 1.165) is 30.5 Å². The number of carbonyl (C=O) groups excluding carboxylic acids is 1. The quantitative estimate of drug-likeness (QED) is 0.853. The van der Waals surface area contributed by atoms with E-state index in [9.17, 15) is 9.18 Å². The Morgan fingerprint density at radius 3 is 2.89 bits per heavy atom. The molecule has 0 spiro atoms. The van der Waals surface area contributed by atoms with Crippen LogP contribution in [-0.2, 0) is 17.9 Å². The number of rotatable bonds is 4. The fourth-order valence-corrected chi connectivity index (χ4v) is 2.64. The second-order valence-corrected chi connectivity index (χ2v) is 4.91. The van der Waals surface area contributed by atoms with E-state index in [-0.39, 0.29) is 17.8 Å². The zero-order valence-electron chi connectivity index (χ0n) is 11.2. The summed E-state index contributed by atoms with van der Waals surface area (Å²) in [5.41, 5.74) is 7.20. The van der Waals surface area contributed by atoms with Crippen LogP contribution in [0, 0.1) is 5.82 Å². The highest BCUT2D eigenvalue weighted by Crippen LogP contribution is 2.21. The second-order valence-electron chi connectivity index (χ2n) is 4.91. The van der Waals surface area contributed by atoms with Gasteiger partial charge in [0.05, 0.1) is 6.04 Å². The number of likely N-dealkylation sites (N-methyl/N-ethyl adjacent to an activating group) is 1. The fraction of sp³-hybridized carbons (Fsp3) is 0.500. The summed E-state index contributed by atoms with van der Waals surface area (Å²) in [7, 11) is 1.65. The molecule has 1 heterocycles. The van der Waals surface area contributed by atoms with E-state index in [1.165, 1.54) is 12.1 Å². The van der Waals surface area contributed by atoms with Gasteiger partial charge in [0.25, 0.3) is 0 Å². The molecule has 19 heavy (non-hydrogen) atoms. The van der Waals surface area contributed by atoms with Gasteiger partial charge in [-0.15, -0.1) is 0 Å². The molecule has 104 valence electrons. The summed E-state index contributed by atoms with van der Waals surface area (Å²) >= 11 is 0. The first-order valence-corrected chi connectivity index (χ1v) is 6.58. The topological polar surface area (TPSA) is 58.4 Å². The number of carbonyl (C=O) groups is 1. The van der Waals surface area contributed by atoms with Crippen molar-refractivity contribution in [2.45, 2.75) is 32.0 Å². The number of hydrogen-bond acceptors (Lipinski definition) is 3. The SMILES string of the molecule is CNC(=O)C1CCCN1Cc1cc(F)cc(CN)c1. The third kappa shape index (κ3) is 3.30. The Morgan fingerprint density at radius 2 is 2.21 bits per heavy atom. The molecule has 1 aromatic rings. The predicted molar refractivity (Wildman–Crippen MR) is 71.8 cm³/mol. The van der Waals surface area contributed by atoms with Gasteiger partial charge in [-0.2, -0.15) is 0 Å². The lowest BCUT2D eigenvalue weighted by atomic mass is 10.1. The summed E-state index contributed by atoms with van der Waals surface area (Å²) in [6, 6.07) is 4.76. The normalized spacial score (nSPS) is 19.6. The molecule has 0 aliphatic carbocycles. The Labute approximate surface area is 112 Å². The maximum atomic E-state index is 13.5. The summed E-state index contributed by atoms with van der Waals surface area (Å²) in [6.45, 7) is 1.78. The van der Waals surface area contributed by atoms with Gasteiger partial charge in [0, 0.05) is 20.1 Å². The standard InChI is InChI=1S/C14H20FN3O/c1-17-14(19)13-3-2-4-18(13)9-11-5-10(8-16)6-12(15)7-11/h5-7,13H,2-4,8-9,16H2,1H3,(H,17,19). The predicted octanol–water partition coefficient (Wildman–Crippen LogP) is 0.995. The molecule has 1 fully saturated rings. The average molecular weight is 265 g/mol. The van der Waals surface area contributed by atoms with Crippen molar-refractivity contribution in [3.05, 3.63) is 35.1 Å². The largest absolute Gasteiger partial charge is 0.358 e. The van der Waals surface area contributed by atoms with E-state index < -0.39 is 0 Å². The molecule has 5 heteroatoms. The lowest BCUT2D eigenvalue weighted by molar-refractivity contribution is -0.125. The third-order valence-corrected chi connectivity index (χ3v) is 3.55. The van der Waals surface area contributed by atoms with E-state index in [4.69, 9.17) is 5.73 Å². The van der Waals surface area contributed by atoms with Crippen LogP contribution in [0.3, 0.4) is 0 Å². The Hall–Kier alpha value is -1.46. The highest BCUT2D eigenvalue weighted by molar-refractivity contribution is 5.81. The second kappa shape index (κ2) is 6.12. The molecule has 0 radical (unpaired) electrons. The molecule has 1 aliphatic heterocycles. The summed E-state index contributed by atoms with van der Waals surface area (Å²) in [6.07, 6.45) is 1.86. The molecule has 4 nitrogen and oxygen atoms in total. The zero-order valence-corrected chi connectivity index (χ0v) is 11.2. The van der Waals surface area contributed by atoms with Gasteiger partial charge in [-0.3, -0.25) is 9.69 Å². The van der Waals surface area contributed by atoms with Crippen molar-refractivity contribution in [3.8, 4) is 0 Å². The van der Waals surface area contributed by atoms with Crippen molar-refractivity contribution in [3.63, 3.8) is 0 Å². The molecule has 1 aromatic carbocycles. The van der Waals surface area contributed by atoms with Crippen molar-refractivity contribution < 1.29 is 9.18 Å². The molecule has 1 aliphatic rings. The van der Waals surface area contributed by atoms with Gasteiger partial charge in [0.15, 0.2) is 0 Å². The minimum absolute atomic E-state index is 0.0351. The molecule has 1 unspecified atom stereocenters. The van der Waals surface area contributed by atoms with Crippen molar-refractivity contribution in [1.82, 2.24) is 10.2 Å². The van der Waals surface area contributed by atoms with Crippen molar-refractivity contribution in [2.75, 3.05) is 13.6 Å². The van der Waals surface area contributed by atoms with E-state index in [2.05, 4.69) is 10.2 Å². The van der Waals surface area contributed by atoms with Crippen LogP contribution in [0.5, 0.6) is 0 Å². The maximum Gasteiger partial charge on any atom is 0.237 e. The number of benzene rings is 1. The van der Waals surface area contributed by atoms with E-state index in [1.54, 1.807) is 7.05 Å².